The van der Waals surface area contributed by atoms with Crippen LogP contribution in [0, 0.1) is 0 Å². The molecule has 2 N–H and O–H groups in total. The first-order valence-electron chi connectivity index (χ1n) is 6.52. The lowest BCUT2D eigenvalue weighted by molar-refractivity contribution is 0.0950. The van der Waals surface area contributed by atoms with Crippen LogP contribution in [0.1, 0.15) is 37.6 Å². The van der Waals surface area contributed by atoms with Gasteiger partial charge in [-0.05, 0) is 38.7 Å². The maximum absolute atomic E-state index is 12.1. The Kier molecular flexibility index (Phi) is 6.15. The van der Waals surface area contributed by atoms with E-state index in [9.17, 15) is 4.79 Å². The Labute approximate surface area is 119 Å². The molecule has 0 aliphatic heterocycles. The van der Waals surface area contributed by atoms with Crippen molar-refractivity contribution in [3.8, 4) is 0 Å². The zero-order valence-electron chi connectivity index (χ0n) is 12.1. The van der Waals surface area contributed by atoms with Crippen LogP contribution in [-0.4, -0.2) is 35.0 Å². The van der Waals surface area contributed by atoms with Crippen LogP contribution in [0.4, 0.5) is 5.82 Å². The van der Waals surface area contributed by atoms with Gasteiger partial charge in [0.05, 0.1) is 0 Å². The summed E-state index contributed by atoms with van der Waals surface area (Å²) in [6.07, 6.45) is 4.73. The van der Waals surface area contributed by atoms with Gasteiger partial charge in [0.1, 0.15) is 5.82 Å². The van der Waals surface area contributed by atoms with E-state index in [0.29, 0.717) is 12.1 Å². The summed E-state index contributed by atoms with van der Waals surface area (Å²) in [7, 11) is 0. The third kappa shape index (κ3) is 5.51. The Morgan fingerprint density at radius 1 is 1.47 bits per heavy atom. The lowest BCUT2D eigenvalue weighted by Gasteiger charge is -2.22. The summed E-state index contributed by atoms with van der Waals surface area (Å²) in [6, 6.07) is 3.52. The van der Waals surface area contributed by atoms with Crippen LogP contribution >= 0.6 is 11.8 Å². The predicted molar refractivity (Wildman–Crippen MR) is 82.9 cm³/mol. The van der Waals surface area contributed by atoms with E-state index in [0.717, 1.165) is 18.8 Å². The van der Waals surface area contributed by atoms with Gasteiger partial charge in [0.2, 0.25) is 0 Å². The van der Waals surface area contributed by atoms with Gasteiger partial charge in [0.15, 0.2) is 0 Å². The number of nitrogens with one attached hydrogen (secondary N) is 2. The van der Waals surface area contributed by atoms with Crippen molar-refractivity contribution in [2.75, 3.05) is 24.7 Å². The van der Waals surface area contributed by atoms with Gasteiger partial charge in [-0.25, -0.2) is 4.98 Å². The van der Waals surface area contributed by atoms with Crippen molar-refractivity contribution in [2.24, 2.45) is 0 Å². The molecule has 1 amide bonds. The molecular formula is C14H23N3OS. The molecule has 0 unspecified atom stereocenters. The Balaban J connectivity index is 2.61. The molecule has 1 rings (SSSR count). The number of aromatic nitrogens is 1. The molecule has 1 aromatic heterocycles. The summed E-state index contributed by atoms with van der Waals surface area (Å²) in [5.74, 6) is 0.697. The van der Waals surface area contributed by atoms with Gasteiger partial charge >= 0.3 is 0 Å². The molecule has 0 fully saturated rings. The monoisotopic (exact) mass is 281 g/mol. The number of hydrogen-bond acceptors (Lipinski definition) is 4. The summed E-state index contributed by atoms with van der Waals surface area (Å²) in [5, 5.41) is 6.14. The molecule has 0 spiro atoms. The van der Waals surface area contributed by atoms with Crippen molar-refractivity contribution in [2.45, 2.75) is 31.9 Å². The fraction of sp³-hybridized carbons (Fsp3) is 0.571. The quantitative estimate of drug-likeness (QED) is 0.807. The molecule has 0 radical (unpaired) electrons. The zero-order valence-corrected chi connectivity index (χ0v) is 12.9. The second-order valence-corrected chi connectivity index (χ2v) is 6.52. The lowest BCUT2D eigenvalue weighted by Crippen LogP contribution is -2.36. The van der Waals surface area contributed by atoms with E-state index in [1.54, 1.807) is 30.1 Å². The minimum atomic E-state index is -0.0518. The number of pyridine rings is 1. The Morgan fingerprint density at radius 3 is 2.84 bits per heavy atom. The number of hydrogen-bond donors (Lipinski definition) is 2. The summed E-state index contributed by atoms with van der Waals surface area (Å²) in [6.45, 7) is 7.82. The molecule has 4 nitrogen and oxygen atoms in total. The number of thioether (sulfide) groups is 1. The summed E-state index contributed by atoms with van der Waals surface area (Å²) in [4.78, 5) is 16.2. The van der Waals surface area contributed by atoms with Crippen molar-refractivity contribution in [1.29, 1.82) is 0 Å². The highest BCUT2D eigenvalue weighted by atomic mass is 32.2. The molecule has 0 bridgehead atoms. The third-order valence-electron chi connectivity index (χ3n) is 2.81. The van der Waals surface area contributed by atoms with Crippen molar-refractivity contribution < 1.29 is 4.79 Å². The van der Waals surface area contributed by atoms with Crippen LogP contribution in [0.3, 0.4) is 0 Å². The molecule has 0 aromatic carbocycles. The number of anilines is 1. The minimum absolute atomic E-state index is 0.0476. The molecule has 0 atom stereocenters. The van der Waals surface area contributed by atoms with Crippen LogP contribution < -0.4 is 10.6 Å². The highest BCUT2D eigenvalue weighted by molar-refractivity contribution is 7.99. The van der Waals surface area contributed by atoms with E-state index in [1.165, 1.54) is 0 Å². The second-order valence-electron chi connectivity index (χ2n) is 5.00. The maximum atomic E-state index is 12.1. The van der Waals surface area contributed by atoms with Crippen molar-refractivity contribution in [3.63, 3.8) is 0 Å². The minimum Gasteiger partial charge on any atom is -0.370 e. The highest BCUT2D eigenvalue weighted by Crippen LogP contribution is 2.19. The van der Waals surface area contributed by atoms with Crippen LogP contribution in [-0.2, 0) is 0 Å². The van der Waals surface area contributed by atoms with Gasteiger partial charge in [-0.1, -0.05) is 6.92 Å². The largest absolute Gasteiger partial charge is 0.370 e. The predicted octanol–water partition coefficient (Wildman–Crippen LogP) is 2.77. The first-order valence-corrected chi connectivity index (χ1v) is 7.74. The topological polar surface area (TPSA) is 54.0 Å². The number of nitrogens with zero attached hydrogens (tertiary/aromatic N) is 1. The first-order chi connectivity index (χ1) is 8.98. The summed E-state index contributed by atoms with van der Waals surface area (Å²) in [5.41, 5.74) is 0.644. The first kappa shape index (κ1) is 15.8. The maximum Gasteiger partial charge on any atom is 0.251 e. The fourth-order valence-corrected chi connectivity index (χ4v) is 1.61. The van der Waals surface area contributed by atoms with E-state index in [-0.39, 0.29) is 10.7 Å². The van der Waals surface area contributed by atoms with Gasteiger partial charge in [-0.3, -0.25) is 4.79 Å². The van der Waals surface area contributed by atoms with Crippen molar-refractivity contribution in [1.82, 2.24) is 10.3 Å². The number of carbonyl (C=O) groups is 1. The van der Waals surface area contributed by atoms with Gasteiger partial charge in [-0.15, -0.1) is 0 Å². The van der Waals surface area contributed by atoms with Crippen LogP contribution in [0.25, 0.3) is 0 Å². The van der Waals surface area contributed by atoms with E-state index in [2.05, 4.69) is 36.4 Å². The van der Waals surface area contributed by atoms with Gasteiger partial charge in [-0.2, -0.15) is 11.8 Å². The van der Waals surface area contributed by atoms with E-state index >= 15 is 0 Å². The standard InChI is InChI=1S/C14H23N3OS/c1-5-7-15-12-9-11(6-8-16-12)13(18)17-10-14(2,3)19-4/h6,8-9H,5,7,10H2,1-4H3,(H,15,16)(H,17,18). The fourth-order valence-electron chi connectivity index (χ4n) is 1.39. The van der Waals surface area contributed by atoms with Gasteiger partial charge in [0, 0.05) is 29.6 Å². The van der Waals surface area contributed by atoms with Crippen LogP contribution in [0.5, 0.6) is 0 Å². The molecule has 0 saturated heterocycles. The number of rotatable bonds is 7. The third-order valence-corrected chi connectivity index (χ3v) is 4.06. The van der Waals surface area contributed by atoms with Crippen molar-refractivity contribution in [3.05, 3.63) is 23.9 Å². The average Bonchev–Trinajstić information content (AvgIpc) is 2.43. The molecule has 106 valence electrons. The second kappa shape index (κ2) is 7.38. The molecule has 1 aromatic rings. The zero-order chi connectivity index (χ0) is 14.3. The van der Waals surface area contributed by atoms with Crippen molar-refractivity contribution >= 4 is 23.5 Å². The highest BCUT2D eigenvalue weighted by Gasteiger charge is 2.17. The molecule has 19 heavy (non-hydrogen) atoms. The van der Waals surface area contributed by atoms with Crippen LogP contribution in [0.2, 0.25) is 0 Å². The molecule has 5 heteroatoms. The van der Waals surface area contributed by atoms with Crippen LogP contribution in [0.15, 0.2) is 18.3 Å². The van der Waals surface area contributed by atoms with E-state index in [1.807, 2.05) is 6.26 Å². The van der Waals surface area contributed by atoms with Gasteiger partial charge < -0.3 is 10.6 Å². The SMILES string of the molecule is CCCNc1cc(C(=O)NCC(C)(C)SC)ccn1. The average molecular weight is 281 g/mol. The van der Waals surface area contributed by atoms with Gasteiger partial charge in [0.25, 0.3) is 5.91 Å². The Bertz CT molecular complexity index is 421. The molecular weight excluding hydrogens is 258 g/mol. The normalized spacial score (nSPS) is 11.2. The Hall–Kier alpha value is -1.23. The lowest BCUT2D eigenvalue weighted by atomic mass is 10.2. The smallest absolute Gasteiger partial charge is 0.251 e. The molecule has 0 aliphatic rings. The molecule has 0 saturated carbocycles. The number of amides is 1. The summed E-state index contributed by atoms with van der Waals surface area (Å²) >= 11 is 1.74. The van der Waals surface area contributed by atoms with E-state index in [4.69, 9.17) is 0 Å². The van der Waals surface area contributed by atoms with E-state index < -0.39 is 0 Å². The number of carbonyl (C=O) groups excluding carboxylic acids is 1. The molecule has 1 heterocycles. The Morgan fingerprint density at radius 2 is 2.21 bits per heavy atom. The summed E-state index contributed by atoms with van der Waals surface area (Å²) < 4.78 is 0.0476. The molecule has 0 aliphatic carbocycles.